The smallest absolute Gasteiger partial charge is 0.123 e. The average molecular weight is 258 g/mol. The molecule has 0 bridgehead atoms. The Morgan fingerprint density at radius 1 is 1.06 bits per heavy atom. The molecule has 1 nitrogen and oxygen atoms in total. The quantitative estimate of drug-likeness (QED) is 0.646. The Morgan fingerprint density at radius 3 is 2.72 bits per heavy atom. The molecule has 0 N–H and O–H groups in total. The first-order valence-electron chi connectivity index (χ1n) is 5.60. The lowest BCUT2D eigenvalue weighted by Crippen LogP contribution is -1.79. The monoisotopic (exact) mass is 258 g/mol. The number of fused-ring (bicyclic) bond motifs is 1. The first-order chi connectivity index (χ1) is 8.76. The van der Waals surface area contributed by atoms with Crippen LogP contribution in [0.15, 0.2) is 48.5 Å². The number of hydrogen-bond donors (Lipinski definition) is 0. The number of thiophene rings is 1. The molecule has 3 heteroatoms. The third-order valence-corrected chi connectivity index (χ3v) is 3.98. The van der Waals surface area contributed by atoms with Crippen LogP contribution < -0.4 is 4.74 Å². The molecule has 2 aromatic carbocycles. The summed E-state index contributed by atoms with van der Waals surface area (Å²) in [4.78, 5) is 1.07. The van der Waals surface area contributed by atoms with Crippen LogP contribution in [0.5, 0.6) is 5.75 Å². The molecule has 3 rings (SSSR count). The maximum absolute atomic E-state index is 13.2. The van der Waals surface area contributed by atoms with Crippen LogP contribution in [0.1, 0.15) is 0 Å². The molecule has 0 atom stereocenters. The van der Waals surface area contributed by atoms with Gasteiger partial charge in [-0.05, 0) is 47.3 Å². The highest BCUT2D eigenvalue weighted by Gasteiger charge is 2.06. The number of ether oxygens (including phenoxy) is 1. The fourth-order valence-electron chi connectivity index (χ4n) is 1.92. The van der Waals surface area contributed by atoms with E-state index >= 15 is 0 Å². The molecule has 1 heterocycles. The van der Waals surface area contributed by atoms with Crippen LogP contribution in [0.25, 0.3) is 20.5 Å². The van der Waals surface area contributed by atoms with Gasteiger partial charge in [0.2, 0.25) is 0 Å². The zero-order valence-electron chi connectivity index (χ0n) is 9.81. The lowest BCUT2D eigenvalue weighted by Gasteiger charge is -1.97. The van der Waals surface area contributed by atoms with E-state index in [1.54, 1.807) is 30.6 Å². The summed E-state index contributed by atoms with van der Waals surface area (Å²) >= 11 is 1.64. The number of halogens is 1. The normalized spacial score (nSPS) is 10.8. The van der Waals surface area contributed by atoms with E-state index in [0.29, 0.717) is 0 Å². The van der Waals surface area contributed by atoms with Crippen molar-refractivity contribution in [2.75, 3.05) is 7.11 Å². The van der Waals surface area contributed by atoms with Crippen molar-refractivity contribution in [3.05, 3.63) is 54.3 Å². The van der Waals surface area contributed by atoms with E-state index in [4.69, 9.17) is 4.74 Å². The SMILES string of the molecule is COc1ccc2cc(-c3cccc(F)c3)sc2c1. The molecule has 0 unspecified atom stereocenters. The van der Waals surface area contributed by atoms with Crippen molar-refractivity contribution in [3.8, 4) is 16.2 Å². The molecule has 18 heavy (non-hydrogen) atoms. The highest BCUT2D eigenvalue weighted by atomic mass is 32.1. The molecule has 0 aliphatic heterocycles. The average Bonchev–Trinajstić information content (AvgIpc) is 2.81. The van der Waals surface area contributed by atoms with Crippen molar-refractivity contribution in [2.24, 2.45) is 0 Å². The Hall–Kier alpha value is -1.87. The largest absolute Gasteiger partial charge is 0.497 e. The number of methoxy groups -OCH3 is 1. The van der Waals surface area contributed by atoms with Crippen LogP contribution in [0.3, 0.4) is 0 Å². The third kappa shape index (κ3) is 1.97. The zero-order chi connectivity index (χ0) is 12.5. The van der Waals surface area contributed by atoms with Crippen molar-refractivity contribution in [2.45, 2.75) is 0 Å². The standard InChI is InChI=1S/C15H11FOS/c1-17-13-6-5-11-8-14(18-15(11)9-13)10-3-2-4-12(16)7-10/h2-9H,1H3. The van der Waals surface area contributed by atoms with Crippen LogP contribution in [-0.2, 0) is 0 Å². The van der Waals surface area contributed by atoms with E-state index in [2.05, 4.69) is 6.07 Å². The fraction of sp³-hybridized carbons (Fsp3) is 0.0667. The van der Waals surface area contributed by atoms with Crippen molar-refractivity contribution < 1.29 is 9.13 Å². The Kier molecular flexibility index (Phi) is 2.76. The lowest BCUT2D eigenvalue weighted by atomic mass is 10.1. The Morgan fingerprint density at radius 2 is 1.94 bits per heavy atom. The molecule has 0 aliphatic rings. The molecular formula is C15H11FOS. The fourth-order valence-corrected chi connectivity index (χ4v) is 3.01. The topological polar surface area (TPSA) is 9.23 Å². The van der Waals surface area contributed by atoms with Crippen molar-refractivity contribution in [1.82, 2.24) is 0 Å². The van der Waals surface area contributed by atoms with Crippen molar-refractivity contribution >= 4 is 21.4 Å². The van der Waals surface area contributed by atoms with Gasteiger partial charge in [0.05, 0.1) is 7.11 Å². The van der Waals surface area contributed by atoms with E-state index in [9.17, 15) is 4.39 Å². The van der Waals surface area contributed by atoms with Crippen LogP contribution in [0, 0.1) is 5.82 Å². The van der Waals surface area contributed by atoms with Gasteiger partial charge in [-0.3, -0.25) is 0 Å². The summed E-state index contributed by atoms with van der Waals surface area (Å²) in [6.45, 7) is 0. The van der Waals surface area contributed by atoms with Crippen molar-refractivity contribution in [1.29, 1.82) is 0 Å². The summed E-state index contributed by atoms with van der Waals surface area (Å²) in [6.07, 6.45) is 0. The van der Waals surface area contributed by atoms with Crippen molar-refractivity contribution in [3.63, 3.8) is 0 Å². The minimum absolute atomic E-state index is 0.206. The van der Waals surface area contributed by atoms with E-state index in [1.807, 2.05) is 24.3 Å². The predicted molar refractivity (Wildman–Crippen MR) is 73.8 cm³/mol. The molecule has 0 saturated carbocycles. The minimum Gasteiger partial charge on any atom is -0.497 e. The molecule has 0 aliphatic carbocycles. The summed E-state index contributed by atoms with van der Waals surface area (Å²) in [7, 11) is 1.66. The third-order valence-electron chi connectivity index (χ3n) is 2.84. The first-order valence-corrected chi connectivity index (χ1v) is 6.41. The molecule has 0 fully saturated rings. The number of hydrogen-bond acceptors (Lipinski definition) is 2. The molecule has 90 valence electrons. The minimum atomic E-state index is -0.206. The van der Waals surface area contributed by atoms with E-state index < -0.39 is 0 Å². The Labute approximate surface area is 108 Å². The second kappa shape index (κ2) is 4.42. The van der Waals surface area contributed by atoms with Crippen LogP contribution >= 0.6 is 11.3 Å². The van der Waals surface area contributed by atoms with Crippen LogP contribution in [0.2, 0.25) is 0 Å². The lowest BCUT2D eigenvalue weighted by molar-refractivity contribution is 0.415. The van der Waals surface area contributed by atoms with E-state index in [1.165, 1.54) is 6.07 Å². The Balaban J connectivity index is 2.13. The van der Waals surface area contributed by atoms with E-state index in [-0.39, 0.29) is 5.82 Å². The van der Waals surface area contributed by atoms with Gasteiger partial charge in [-0.25, -0.2) is 4.39 Å². The maximum atomic E-state index is 13.2. The predicted octanol–water partition coefficient (Wildman–Crippen LogP) is 4.72. The van der Waals surface area contributed by atoms with Gasteiger partial charge in [-0.1, -0.05) is 12.1 Å². The second-order valence-corrected chi connectivity index (χ2v) is 5.11. The summed E-state index contributed by atoms with van der Waals surface area (Å²) in [5, 5.41) is 1.15. The number of rotatable bonds is 2. The number of benzene rings is 2. The first kappa shape index (κ1) is 11.2. The molecule has 0 radical (unpaired) electrons. The van der Waals surface area contributed by atoms with Gasteiger partial charge in [0, 0.05) is 9.58 Å². The zero-order valence-corrected chi connectivity index (χ0v) is 10.6. The molecular weight excluding hydrogens is 247 g/mol. The van der Waals surface area contributed by atoms with Gasteiger partial charge in [0.15, 0.2) is 0 Å². The summed E-state index contributed by atoms with van der Waals surface area (Å²) in [5.41, 5.74) is 0.912. The van der Waals surface area contributed by atoms with Crippen LogP contribution in [-0.4, -0.2) is 7.11 Å². The molecule has 0 spiro atoms. The van der Waals surface area contributed by atoms with Gasteiger partial charge >= 0.3 is 0 Å². The molecule has 0 saturated heterocycles. The van der Waals surface area contributed by atoms with Gasteiger partial charge < -0.3 is 4.74 Å². The second-order valence-electron chi connectivity index (χ2n) is 4.02. The van der Waals surface area contributed by atoms with Gasteiger partial charge in [-0.15, -0.1) is 11.3 Å². The van der Waals surface area contributed by atoms with Crippen LogP contribution in [0.4, 0.5) is 4.39 Å². The maximum Gasteiger partial charge on any atom is 0.123 e. The summed E-state index contributed by atoms with van der Waals surface area (Å²) in [6, 6.07) is 14.7. The summed E-state index contributed by atoms with van der Waals surface area (Å²) < 4.78 is 19.6. The van der Waals surface area contributed by atoms with E-state index in [0.717, 1.165) is 26.3 Å². The van der Waals surface area contributed by atoms with Gasteiger partial charge in [0.25, 0.3) is 0 Å². The van der Waals surface area contributed by atoms with Gasteiger partial charge in [0.1, 0.15) is 11.6 Å². The van der Waals surface area contributed by atoms with Gasteiger partial charge in [-0.2, -0.15) is 0 Å². The Bertz CT molecular complexity index is 703. The highest BCUT2D eigenvalue weighted by molar-refractivity contribution is 7.22. The molecule has 1 aromatic heterocycles. The summed E-state index contributed by atoms with van der Waals surface area (Å²) in [5.74, 6) is 0.637. The highest BCUT2D eigenvalue weighted by Crippen LogP contribution is 2.35. The molecule has 3 aromatic rings. The molecule has 0 amide bonds.